The first-order valence-electron chi connectivity index (χ1n) is 7.37. The number of carbonyl (C=O) groups excluding carboxylic acids is 1. The molecule has 3 rings (SSSR count). The van der Waals surface area contributed by atoms with Gasteiger partial charge < -0.3 is 15.2 Å². The largest absolute Gasteiger partial charge is 0.479 e. The summed E-state index contributed by atoms with van der Waals surface area (Å²) in [5, 5.41) is 16.3. The summed E-state index contributed by atoms with van der Waals surface area (Å²) in [5.41, 5.74) is 0.412. The predicted molar refractivity (Wildman–Crippen MR) is 89.3 cm³/mol. The van der Waals surface area contributed by atoms with Crippen molar-refractivity contribution in [2.45, 2.75) is 18.9 Å². The van der Waals surface area contributed by atoms with E-state index in [4.69, 9.17) is 4.74 Å². The van der Waals surface area contributed by atoms with Gasteiger partial charge in [0.1, 0.15) is 0 Å². The van der Waals surface area contributed by atoms with Crippen LogP contribution in [0.15, 0.2) is 34.9 Å². The molecule has 1 amide bonds. The van der Waals surface area contributed by atoms with Crippen LogP contribution in [0.4, 0.5) is 0 Å². The minimum Gasteiger partial charge on any atom is -0.479 e. The normalized spacial score (nSPS) is 20.1. The fourth-order valence-corrected chi connectivity index (χ4v) is 2.91. The molecule has 0 aliphatic carbocycles. The Hall–Kier alpha value is -2.19. The maximum absolute atomic E-state index is 12.5. The van der Waals surface area contributed by atoms with E-state index in [1.807, 2.05) is 24.3 Å². The summed E-state index contributed by atoms with van der Waals surface area (Å²) < 4.78 is 7.74. The number of aliphatic carboxylic acids is 1. The number of halogens is 1. The van der Waals surface area contributed by atoms with Crippen LogP contribution in [-0.2, 0) is 9.53 Å². The molecule has 1 fully saturated rings. The standard InChI is InChI=1S/C16H16BrN3O4/c1-10-13(8-18-20(10)12-4-2-11(17)3-5-12)14(21)19-16(15(22)23)6-7-24-9-16/h2-5,8H,6-7,9H2,1H3,(H,19,21)(H,22,23). The first kappa shape index (κ1) is 16.7. The zero-order chi connectivity index (χ0) is 17.3. The van der Waals surface area contributed by atoms with Gasteiger partial charge in [-0.25, -0.2) is 9.48 Å². The molecular formula is C16H16BrN3O4. The molecule has 1 atom stereocenters. The number of hydrogen-bond donors (Lipinski definition) is 2. The van der Waals surface area contributed by atoms with Gasteiger partial charge in [0.15, 0.2) is 5.54 Å². The molecule has 2 N–H and O–H groups in total. The minimum absolute atomic E-state index is 0.0338. The molecular weight excluding hydrogens is 378 g/mol. The Bertz CT molecular complexity index is 779. The van der Waals surface area contributed by atoms with E-state index >= 15 is 0 Å². The van der Waals surface area contributed by atoms with Crippen molar-refractivity contribution >= 4 is 27.8 Å². The van der Waals surface area contributed by atoms with Crippen molar-refractivity contribution in [1.29, 1.82) is 0 Å². The second-order valence-electron chi connectivity index (χ2n) is 5.68. The lowest BCUT2D eigenvalue weighted by Gasteiger charge is -2.23. The summed E-state index contributed by atoms with van der Waals surface area (Å²) in [5.74, 6) is -1.56. The Labute approximate surface area is 146 Å². The number of aromatic nitrogens is 2. The van der Waals surface area contributed by atoms with Gasteiger partial charge in [0.25, 0.3) is 5.91 Å². The van der Waals surface area contributed by atoms with Crippen LogP contribution in [0.1, 0.15) is 22.5 Å². The average Bonchev–Trinajstić information content (AvgIpc) is 3.16. The van der Waals surface area contributed by atoms with E-state index in [2.05, 4.69) is 26.3 Å². The highest BCUT2D eigenvalue weighted by Crippen LogP contribution is 2.21. The number of rotatable bonds is 4. The van der Waals surface area contributed by atoms with Crippen LogP contribution in [0.2, 0.25) is 0 Å². The number of ether oxygens (including phenoxy) is 1. The van der Waals surface area contributed by atoms with E-state index in [1.165, 1.54) is 6.20 Å². The van der Waals surface area contributed by atoms with Crippen LogP contribution in [-0.4, -0.2) is 45.5 Å². The van der Waals surface area contributed by atoms with Gasteiger partial charge >= 0.3 is 5.97 Å². The van der Waals surface area contributed by atoms with E-state index in [9.17, 15) is 14.7 Å². The third-order valence-electron chi connectivity index (χ3n) is 4.11. The van der Waals surface area contributed by atoms with E-state index in [0.29, 0.717) is 17.9 Å². The summed E-state index contributed by atoms with van der Waals surface area (Å²) in [6, 6.07) is 7.50. The Kier molecular flexibility index (Phi) is 4.42. The topological polar surface area (TPSA) is 93.5 Å². The molecule has 1 aromatic heterocycles. The zero-order valence-corrected chi connectivity index (χ0v) is 14.5. The minimum atomic E-state index is -1.37. The molecule has 7 nitrogen and oxygen atoms in total. The number of nitrogens with zero attached hydrogens (tertiary/aromatic N) is 2. The fraction of sp³-hybridized carbons (Fsp3) is 0.312. The van der Waals surface area contributed by atoms with Crippen LogP contribution in [0, 0.1) is 6.92 Å². The van der Waals surface area contributed by atoms with Crippen LogP contribution >= 0.6 is 15.9 Å². The average molecular weight is 394 g/mol. The second kappa shape index (κ2) is 6.37. The quantitative estimate of drug-likeness (QED) is 0.827. The molecule has 1 aliphatic heterocycles. The van der Waals surface area contributed by atoms with Crippen molar-refractivity contribution in [1.82, 2.24) is 15.1 Å². The smallest absolute Gasteiger partial charge is 0.331 e. The summed E-state index contributed by atoms with van der Waals surface area (Å²) in [6.07, 6.45) is 1.69. The summed E-state index contributed by atoms with van der Waals surface area (Å²) in [6.45, 7) is 2.04. The van der Waals surface area contributed by atoms with Crippen LogP contribution in [0.3, 0.4) is 0 Å². The van der Waals surface area contributed by atoms with Crippen LogP contribution < -0.4 is 5.32 Å². The fourth-order valence-electron chi connectivity index (χ4n) is 2.65. The molecule has 24 heavy (non-hydrogen) atoms. The van der Waals surface area contributed by atoms with Gasteiger partial charge in [-0.2, -0.15) is 5.10 Å². The van der Waals surface area contributed by atoms with E-state index in [1.54, 1.807) is 11.6 Å². The molecule has 0 radical (unpaired) electrons. The van der Waals surface area contributed by atoms with Crippen molar-refractivity contribution in [3.05, 3.63) is 46.2 Å². The van der Waals surface area contributed by atoms with Crippen LogP contribution in [0.5, 0.6) is 0 Å². The Morgan fingerprint density at radius 3 is 2.67 bits per heavy atom. The molecule has 1 aromatic carbocycles. The van der Waals surface area contributed by atoms with E-state index in [-0.39, 0.29) is 13.0 Å². The number of nitrogens with one attached hydrogen (secondary N) is 1. The molecule has 2 heterocycles. The van der Waals surface area contributed by atoms with Gasteiger partial charge in [0.05, 0.1) is 29.7 Å². The van der Waals surface area contributed by atoms with Crippen molar-refractivity contribution < 1.29 is 19.4 Å². The maximum atomic E-state index is 12.5. The molecule has 126 valence electrons. The van der Waals surface area contributed by atoms with E-state index in [0.717, 1.165) is 10.2 Å². The Morgan fingerprint density at radius 1 is 1.38 bits per heavy atom. The molecule has 0 saturated carbocycles. The number of hydrogen-bond acceptors (Lipinski definition) is 4. The molecule has 8 heteroatoms. The summed E-state index contributed by atoms with van der Waals surface area (Å²) in [4.78, 5) is 24.1. The van der Waals surface area contributed by atoms with Crippen molar-refractivity contribution in [3.63, 3.8) is 0 Å². The number of carboxylic acid groups (broad SMARTS) is 1. The monoisotopic (exact) mass is 393 g/mol. The first-order chi connectivity index (χ1) is 11.4. The van der Waals surface area contributed by atoms with Gasteiger partial charge in [-0.1, -0.05) is 15.9 Å². The number of carbonyl (C=O) groups is 2. The van der Waals surface area contributed by atoms with Gasteiger partial charge in [-0.3, -0.25) is 4.79 Å². The number of benzene rings is 1. The number of amides is 1. The summed E-state index contributed by atoms with van der Waals surface area (Å²) in [7, 11) is 0. The maximum Gasteiger partial charge on any atom is 0.331 e. The van der Waals surface area contributed by atoms with E-state index < -0.39 is 17.4 Å². The lowest BCUT2D eigenvalue weighted by Crippen LogP contribution is -2.55. The molecule has 1 aliphatic rings. The molecule has 0 spiro atoms. The first-order valence-corrected chi connectivity index (χ1v) is 8.16. The van der Waals surface area contributed by atoms with Crippen molar-refractivity contribution in [2.24, 2.45) is 0 Å². The van der Waals surface area contributed by atoms with Crippen LogP contribution in [0.25, 0.3) is 5.69 Å². The third-order valence-corrected chi connectivity index (χ3v) is 4.64. The predicted octanol–water partition coefficient (Wildman–Crippen LogP) is 1.92. The van der Waals surface area contributed by atoms with Gasteiger partial charge in [0.2, 0.25) is 0 Å². The van der Waals surface area contributed by atoms with Gasteiger partial charge in [-0.15, -0.1) is 0 Å². The van der Waals surface area contributed by atoms with Crippen molar-refractivity contribution in [3.8, 4) is 5.69 Å². The third kappa shape index (κ3) is 2.94. The van der Waals surface area contributed by atoms with Gasteiger partial charge in [-0.05, 0) is 31.2 Å². The lowest BCUT2D eigenvalue weighted by atomic mass is 9.98. The zero-order valence-electron chi connectivity index (χ0n) is 13.0. The molecule has 1 unspecified atom stereocenters. The van der Waals surface area contributed by atoms with Gasteiger partial charge in [0, 0.05) is 17.5 Å². The Morgan fingerprint density at radius 2 is 2.08 bits per heavy atom. The van der Waals surface area contributed by atoms with Crippen molar-refractivity contribution in [2.75, 3.05) is 13.2 Å². The Balaban J connectivity index is 1.86. The molecule has 2 aromatic rings. The highest BCUT2D eigenvalue weighted by molar-refractivity contribution is 9.10. The second-order valence-corrected chi connectivity index (χ2v) is 6.59. The number of carboxylic acids is 1. The molecule has 1 saturated heterocycles. The summed E-state index contributed by atoms with van der Waals surface area (Å²) >= 11 is 3.37. The highest BCUT2D eigenvalue weighted by Gasteiger charge is 2.44. The lowest BCUT2D eigenvalue weighted by molar-refractivity contribution is -0.144. The molecule has 0 bridgehead atoms. The highest BCUT2D eigenvalue weighted by atomic mass is 79.9. The SMILES string of the molecule is Cc1c(C(=O)NC2(C(=O)O)CCOC2)cnn1-c1ccc(Br)cc1.